The number of aromatic amines is 1. The Morgan fingerprint density at radius 2 is 1.78 bits per heavy atom. The highest BCUT2D eigenvalue weighted by atomic mass is 32.2. The second kappa shape index (κ2) is 7.92. The normalized spacial score (nSPS) is 11.8. The van der Waals surface area contributed by atoms with Gasteiger partial charge in [0.1, 0.15) is 16.4 Å². The lowest BCUT2D eigenvalue weighted by Crippen LogP contribution is -2.00. The van der Waals surface area contributed by atoms with Gasteiger partial charge in [0.15, 0.2) is 9.84 Å². The molecule has 0 saturated heterocycles. The van der Waals surface area contributed by atoms with E-state index < -0.39 is 9.84 Å². The van der Waals surface area contributed by atoms with Gasteiger partial charge in [-0.05, 0) is 54.1 Å². The van der Waals surface area contributed by atoms with Gasteiger partial charge < -0.3 is 0 Å². The van der Waals surface area contributed by atoms with Gasteiger partial charge in [0.05, 0.1) is 33.7 Å². The van der Waals surface area contributed by atoms with Crippen LogP contribution in [0.5, 0.6) is 0 Å². The lowest BCUT2D eigenvalue weighted by Gasteiger charge is -2.08. The van der Waals surface area contributed by atoms with Gasteiger partial charge in [0.25, 0.3) is 0 Å². The Morgan fingerprint density at radius 3 is 2.56 bits per heavy atom. The number of halogens is 1. The Balaban J connectivity index is 1.64. The molecule has 0 radical (unpaired) electrons. The number of hydrogen-bond acceptors (Lipinski definition) is 6. The summed E-state index contributed by atoms with van der Waals surface area (Å²) < 4.78 is 38.2. The molecular weight excluding hydrogens is 447 g/mol. The molecule has 0 aliphatic rings. The van der Waals surface area contributed by atoms with Gasteiger partial charge in [-0.3, -0.25) is 5.10 Å². The van der Waals surface area contributed by atoms with E-state index in [9.17, 15) is 12.8 Å². The Bertz CT molecular complexity index is 1540. The number of rotatable bonds is 5. The molecule has 0 atom stereocenters. The summed E-state index contributed by atoms with van der Waals surface area (Å²) >= 11 is 1.20. The molecule has 0 spiro atoms. The van der Waals surface area contributed by atoms with Crippen LogP contribution in [0.15, 0.2) is 71.3 Å². The molecule has 0 unspecified atom stereocenters. The minimum atomic E-state index is -3.29. The highest BCUT2D eigenvalue weighted by molar-refractivity contribution is 7.93. The van der Waals surface area contributed by atoms with E-state index in [1.54, 1.807) is 37.4 Å². The zero-order chi connectivity index (χ0) is 22.3. The molecule has 0 amide bonds. The molecule has 3 heterocycles. The van der Waals surface area contributed by atoms with Gasteiger partial charge in [0.2, 0.25) is 0 Å². The molecule has 9 heteroatoms. The van der Waals surface area contributed by atoms with E-state index in [1.165, 1.54) is 29.8 Å². The number of fused-ring (bicyclic) bond motifs is 1. The molecule has 6 nitrogen and oxygen atoms in total. The number of nitrogens with zero attached hydrogens (tertiary/aromatic N) is 3. The maximum atomic E-state index is 13.4. The maximum Gasteiger partial charge on any atom is 0.187 e. The minimum absolute atomic E-state index is 0.0499. The molecule has 32 heavy (non-hydrogen) atoms. The Kier molecular flexibility index (Phi) is 5.07. The average molecular weight is 465 g/mol. The Morgan fingerprint density at radius 1 is 1.00 bits per heavy atom. The molecule has 5 aromatic rings. The predicted octanol–water partition coefficient (Wildman–Crippen LogP) is 5.35. The summed E-state index contributed by atoms with van der Waals surface area (Å²) in [5.41, 5.74) is 4.75. The molecule has 160 valence electrons. The van der Waals surface area contributed by atoms with Crippen LogP contribution in [0.2, 0.25) is 0 Å². The summed E-state index contributed by atoms with van der Waals surface area (Å²) in [7, 11) is -3.29. The highest BCUT2D eigenvalue weighted by Crippen LogP contribution is 2.37. The molecule has 0 aliphatic heterocycles. The van der Waals surface area contributed by atoms with Crippen LogP contribution in [0.3, 0.4) is 0 Å². The van der Waals surface area contributed by atoms with Gasteiger partial charge in [-0.2, -0.15) is 5.10 Å². The topological polar surface area (TPSA) is 88.6 Å². The van der Waals surface area contributed by atoms with E-state index in [2.05, 4.69) is 20.2 Å². The third kappa shape index (κ3) is 3.59. The van der Waals surface area contributed by atoms with Crippen molar-refractivity contribution in [2.75, 3.05) is 5.75 Å². The van der Waals surface area contributed by atoms with Gasteiger partial charge in [-0.1, -0.05) is 13.0 Å². The number of aromatic nitrogens is 4. The number of H-pyrrole nitrogens is 1. The third-order valence-corrected chi connectivity index (χ3v) is 8.63. The lowest BCUT2D eigenvalue weighted by atomic mass is 9.99. The summed E-state index contributed by atoms with van der Waals surface area (Å²) in [5.74, 6) is -0.253. The van der Waals surface area contributed by atoms with E-state index in [4.69, 9.17) is 0 Å². The number of nitrogens with one attached hydrogen (secondary N) is 1. The van der Waals surface area contributed by atoms with Crippen molar-refractivity contribution in [3.05, 3.63) is 72.9 Å². The van der Waals surface area contributed by atoms with Crippen LogP contribution in [0.1, 0.15) is 6.92 Å². The molecule has 3 aromatic heterocycles. The zero-order valence-corrected chi connectivity index (χ0v) is 18.5. The molecular formula is C23H17FN4O2S2. The highest BCUT2D eigenvalue weighted by Gasteiger charge is 2.18. The SMILES string of the molecule is CCS(=O)(=O)c1ccc(-c2ncnc3ccc(-c4cn[nH]c4-c4ccc(F)cc4)cc23)s1. The van der Waals surface area contributed by atoms with Crippen molar-refractivity contribution in [2.24, 2.45) is 0 Å². The van der Waals surface area contributed by atoms with Gasteiger partial charge in [-0.25, -0.2) is 22.8 Å². The van der Waals surface area contributed by atoms with Crippen molar-refractivity contribution in [2.45, 2.75) is 11.1 Å². The average Bonchev–Trinajstić information content (AvgIpc) is 3.49. The van der Waals surface area contributed by atoms with Crippen LogP contribution < -0.4 is 0 Å². The first-order chi connectivity index (χ1) is 15.5. The van der Waals surface area contributed by atoms with Gasteiger partial charge in [0, 0.05) is 16.5 Å². The van der Waals surface area contributed by atoms with E-state index in [-0.39, 0.29) is 11.6 Å². The number of sulfone groups is 1. The minimum Gasteiger partial charge on any atom is -0.277 e. The molecule has 5 rings (SSSR count). The summed E-state index contributed by atoms with van der Waals surface area (Å²) in [6, 6.07) is 15.4. The molecule has 0 aliphatic carbocycles. The fraction of sp³-hybridized carbons (Fsp3) is 0.0870. The number of benzene rings is 2. The maximum absolute atomic E-state index is 13.4. The monoisotopic (exact) mass is 464 g/mol. The number of thiophene rings is 1. The smallest absolute Gasteiger partial charge is 0.187 e. The summed E-state index contributed by atoms with van der Waals surface area (Å²) in [4.78, 5) is 9.57. The van der Waals surface area contributed by atoms with E-state index in [0.717, 1.165) is 38.2 Å². The molecule has 0 fully saturated rings. The molecule has 2 aromatic carbocycles. The fourth-order valence-electron chi connectivity index (χ4n) is 3.52. The third-order valence-electron chi connectivity index (χ3n) is 5.22. The summed E-state index contributed by atoms with van der Waals surface area (Å²) in [6.45, 7) is 1.63. The quantitative estimate of drug-likeness (QED) is 0.379. The first kappa shape index (κ1) is 20.5. The zero-order valence-electron chi connectivity index (χ0n) is 16.9. The van der Waals surface area contributed by atoms with E-state index >= 15 is 0 Å². The van der Waals surface area contributed by atoms with Crippen molar-refractivity contribution in [1.29, 1.82) is 0 Å². The van der Waals surface area contributed by atoms with Crippen LogP contribution in [-0.2, 0) is 9.84 Å². The largest absolute Gasteiger partial charge is 0.277 e. The van der Waals surface area contributed by atoms with Crippen LogP contribution in [0, 0.1) is 5.82 Å². The Hall–Kier alpha value is -3.43. The van der Waals surface area contributed by atoms with Crippen molar-refractivity contribution >= 4 is 32.1 Å². The first-order valence-corrected chi connectivity index (χ1v) is 12.3. The molecule has 0 saturated carbocycles. The van der Waals surface area contributed by atoms with Crippen molar-refractivity contribution in [3.8, 4) is 33.0 Å². The standard InChI is InChI=1S/C23H17FN4O2S2/c1-2-32(29,30)21-10-9-20(31-21)23-17-11-15(5-8-19(17)25-13-26-23)18-12-27-28-22(18)14-3-6-16(24)7-4-14/h3-13H,2H2,1H3,(H,27,28). The second-order valence-corrected chi connectivity index (χ2v) is 10.7. The predicted molar refractivity (Wildman–Crippen MR) is 124 cm³/mol. The van der Waals surface area contributed by atoms with Crippen molar-refractivity contribution in [3.63, 3.8) is 0 Å². The van der Waals surface area contributed by atoms with E-state index in [1.807, 2.05) is 18.2 Å². The molecule has 0 bridgehead atoms. The van der Waals surface area contributed by atoms with Crippen molar-refractivity contribution < 1.29 is 12.8 Å². The molecule has 1 N–H and O–H groups in total. The number of hydrogen-bond donors (Lipinski definition) is 1. The van der Waals surface area contributed by atoms with Crippen molar-refractivity contribution in [1.82, 2.24) is 20.2 Å². The fourth-order valence-corrected chi connectivity index (χ4v) is 5.96. The summed E-state index contributed by atoms with van der Waals surface area (Å²) in [5, 5.41) is 7.98. The van der Waals surface area contributed by atoms with Crippen LogP contribution >= 0.6 is 11.3 Å². The van der Waals surface area contributed by atoms with Gasteiger partial charge in [-0.15, -0.1) is 11.3 Å². The van der Waals surface area contributed by atoms with Crippen LogP contribution in [0.4, 0.5) is 4.39 Å². The lowest BCUT2D eigenvalue weighted by molar-refractivity contribution is 0.599. The van der Waals surface area contributed by atoms with Gasteiger partial charge >= 0.3 is 0 Å². The van der Waals surface area contributed by atoms with Crippen LogP contribution in [-0.4, -0.2) is 34.3 Å². The van der Waals surface area contributed by atoms with E-state index in [0.29, 0.717) is 9.90 Å². The Labute approximate surface area is 187 Å². The van der Waals surface area contributed by atoms with Crippen LogP contribution in [0.25, 0.3) is 43.9 Å². The second-order valence-electron chi connectivity index (χ2n) is 7.14. The first-order valence-electron chi connectivity index (χ1n) is 9.83. The summed E-state index contributed by atoms with van der Waals surface area (Å²) in [6.07, 6.45) is 3.20.